The van der Waals surface area contributed by atoms with E-state index in [0.717, 1.165) is 11.3 Å². The molecule has 3 aromatic heterocycles. The van der Waals surface area contributed by atoms with E-state index in [2.05, 4.69) is 25.1 Å². The summed E-state index contributed by atoms with van der Waals surface area (Å²) in [6.45, 7) is 0. The van der Waals surface area contributed by atoms with Crippen LogP contribution in [0.15, 0.2) is 24.7 Å². The highest BCUT2D eigenvalue weighted by Gasteiger charge is 2.12. The van der Waals surface area contributed by atoms with E-state index in [1.165, 1.54) is 6.33 Å². The van der Waals surface area contributed by atoms with Gasteiger partial charge in [-0.3, -0.25) is 5.10 Å². The van der Waals surface area contributed by atoms with Gasteiger partial charge in [-0.15, -0.1) is 0 Å². The zero-order valence-electron chi connectivity index (χ0n) is 8.75. The number of H-pyrrole nitrogens is 1. The Morgan fingerprint density at radius 3 is 2.82 bits per heavy atom. The maximum absolute atomic E-state index is 5.82. The average Bonchev–Trinajstić information content (AvgIpc) is 2.74. The molecule has 7 nitrogen and oxygen atoms in total. The van der Waals surface area contributed by atoms with Gasteiger partial charge in [0.05, 0.1) is 11.1 Å². The molecule has 0 aliphatic heterocycles. The van der Waals surface area contributed by atoms with E-state index in [1.807, 2.05) is 6.07 Å². The van der Waals surface area contributed by atoms with Gasteiger partial charge in [0.15, 0.2) is 5.65 Å². The van der Waals surface area contributed by atoms with Gasteiger partial charge in [0.25, 0.3) is 0 Å². The van der Waals surface area contributed by atoms with Crippen molar-refractivity contribution in [2.45, 2.75) is 0 Å². The topological polar surface area (TPSA) is 119 Å². The van der Waals surface area contributed by atoms with Crippen LogP contribution in [0, 0.1) is 0 Å². The van der Waals surface area contributed by atoms with E-state index >= 15 is 0 Å². The van der Waals surface area contributed by atoms with Crippen molar-refractivity contribution in [3.63, 3.8) is 0 Å². The molecule has 3 rings (SSSR count). The molecule has 84 valence electrons. The third-order valence-electron chi connectivity index (χ3n) is 2.45. The third-order valence-corrected chi connectivity index (χ3v) is 2.45. The number of aromatic amines is 1. The first-order valence-corrected chi connectivity index (χ1v) is 4.92. The SMILES string of the molecule is Nc1cc(-c2[nH]nc3ncnc(N)c23)ccn1. The van der Waals surface area contributed by atoms with Crippen LogP contribution in [-0.2, 0) is 0 Å². The Morgan fingerprint density at radius 2 is 2.00 bits per heavy atom. The van der Waals surface area contributed by atoms with Crippen LogP contribution < -0.4 is 11.5 Å². The summed E-state index contributed by atoms with van der Waals surface area (Å²) in [5.74, 6) is 0.815. The summed E-state index contributed by atoms with van der Waals surface area (Å²) in [6.07, 6.45) is 3.00. The van der Waals surface area contributed by atoms with E-state index in [4.69, 9.17) is 11.5 Å². The molecule has 5 N–H and O–H groups in total. The van der Waals surface area contributed by atoms with Crippen LogP contribution in [0.2, 0.25) is 0 Å². The van der Waals surface area contributed by atoms with Crippen LogP contribution in [0.3, 0.4) is 0 Å². The molecule has 0 saturated heterocycles. The van der Waals surface area contributed by atoms with Crippen LogP contribution in [0.25, 0.3) is 22.3 Å². The number of hydrogen-bond donors (Lipinski definition) is 3. The second-order valence-electron chi connectivity index (χ2n) is 3.53. The van der Waals surface area contributed by atoms with Crippen molar-refractivity contribution in [3.05, 3.63) is 24.7 Å². The fourth-order valence-electron chi connectivity index (χ4n) is 1.69. The van der Waals surface area contributed by atoms with E-state index in [9.17, 15) is 0 Å². The predicted octanol–water partition coefficient (Wildman–Crippen LogP) is 0.579. The molecule has 0 aromatic carbocycles. The second kappa shape index (κ2) is 3.41. The second-order valence-corrected chi connectivity index (χ2v) is 3.53. The van der Waals surface area contributed by atoms with Crippen molar-refractivity contribution in [1.29, 1.82) is 0 Å². The number of aromatic nitrogens is 5. The molecule has 0 aliphatic carbocycles. The molecule has 0 unspecified atom stereocenters. The van der Waals surface area contributed by atoms with Gasteiger partial charge in [-0.05, 0) is 12.1 Å². The van der Waals surface area contributed by atoms with Gasteiger partial charge >= 0.3 is 0 Å². The largest absolute Gasteiger partial charge is 0.384 e. The summed E-state index contributed by atoms with van der Waals surface area (Å²) in [5.41, 5.74) is 13.6. The first-order chi connectivity index (χ1) is 8.25. The van der Waals surface area contributed by atoms with Crippen LogP contribution in [-0.4, -0.2) is 25.1 Å². The van der Waals surface area contributed by atoms with Gasteiger partial charge in [-0.2, -0.15) is 5.10 Å². The fraction of sp³-hybridized carbons (Fsp3) is 0. The number of pyridine rings is 1. The molecule has 0 saturated carbocycles. The molecular weight excluding hydrogens is 218 g/mol. The smallest absolute Gasteiger partial charge is 0.186 e. The van der Waals surface area contributed by atoms with Gasteiger partial charge < -0.3 is 11.5 Å². The maximum Gasteiger partial charge on any atom is 0.186 e. The van der Waals surface area contributed by atoms with E-state index in [-0.39, 0.29) is 0 Å². The van der Waals surface area contributed by atoms with E-state index in [0.29, 0.717) is 22.7 Å². The normalized spacial score (nSPS) is 10.8. The molecule has 0 amide bonds. The third kappa shape index (κ3) is 1.44. The Balaban J connectivity index is 2.31. The number of hydrogen-bond acceptors (Lipinski definition) is 6. The minimum atomic E-state index is 0.383. The molecular formula is C10H9N7. The zero-order valence-corrected chi connectivity index (χ0v) is 8.75. The average molecular weight is 227 g/mol. The molecule has 3 heterocycles. The Kier molecular flexibility index (Phi) is 1.91. The minimum absolute atomic E-state index is 0.383. The Bertz CT molecular complexity index is 688. The quantitative estimate of drug-likeness (QED) is 0.559. The molecule has 0 fully saturated rings. The number of nitrogens with one attached hydrogen (secondary N) is 1. The highest BCUT2D eigenvalue weighted by Crippen LogP contribution is 2.28. The molecule has 0 aliphatic rings. The highest BCUT2D eigenvalue weighted by molar-refractivity contribution is 5.97. The van der Waals surface area contributed by atoms with E-state index < -0.39 is 0 Å². The van der Waals surface area contributed by atoms with Crippen molar-refractivity contribution in [2.75, 3.05) is 11.5 Å². The van der Waals surface area contributed by atoms with Crippen molar-refractivity contribution < 1.29 is 0 Å². The first-order valence-electron chi connectivity index (χ1n) is 4.92. The molecule has 3 aromatic rings. The standard InChI is InChI=1S/C10H9N7/c11-6-3-5(1-2-13-6)8-7-9(12)14-4-15-10(7)17-16-8/h1-4H,(H2,11,13)(H3,12,14,15,16,17). The summed E-state index contributed by atoms with van der Waals surface area (Å²) in [4.78, 5) is 11.9. The number of anilines is 2. The lowest BCUT2D eigenvalue weighted by molar-refractivity contribution is 1.09. The summed E-state index contributed by atoms with van der Waals surface area (Å²) < 4.78 is 0. The van der Waals surface area contributed by atoms with Gasteiger partial charge in [0.2, 0.25) is 0 Å². The van der Waals surface area contributed by atoms with Gasteiger partial charge in [0, 0.05) is 11.8 Å². The summed E-state index contributed by atoms with van der Waals surface area (Å²) >= 11 is 0. The number of fused-ring (bicyclic) bond motifs is 1. The Morgan fingerprint density at radius 1 is 1.12 bits per heavy atom. The zero-order chi connectivity index (χ0) is 11.8. The first kappa shape index (κ1) is 9.52. The van der Waals surface area contributed by atoms with Crippen LogP contribution in [0.4, 0.5) is 11.6 Å². The fourth-order valence-corrected chi connectivity index (χ4v) is 1.69. The molecule has 7 heteroatoms. The minimum Gasteiger partial charge on any atom is -0.384 e. The Hall–Kier alpha value is -2.70. The number of rotatable bonds is 1. The lowest BCUT2D eigenvalue weighted by Gasteiger charge is -2.00. The molecule has 0 atom stereocenters. The number of nitrogens with zero attached hydrogens (tertiary/aromatic N) is 4. The lowest BCUT2D eigenvalue weighted by Crippen LogP contribution is -1.93. The Labute approximate surface area is 95.9 Å². The lowest BCUT2D eigenvalue weighted by atomic mass is 10.1. The highest BCUT2D eigenvalue weighted by atomic mass is 15.2. The number of nitrogens with two attached hydrogens (primary N) is 2. The van der Waals surface area contributed by atoms with Gasteiger partial charge in [-0.1, -0.05) is 0 Å². The van der Waals surface area contributed by atoms with Crippen LogP contribution in [0.1, 0.15) is 0 Å². The monoisotopic (exact) mass is 227 g/mol. The van der Waals surface area contributed by atoms with Crippen LogP contribution in [0.5, 0.6) is 0 Å². The van der Waals surface area contributed by atoms with E-state index in [1.54, 1.807) is 12.3 Å². The summed E-state index contributed by atoms with van der Waals surface area (Å²) in [5, 5.41) is 7.64. The van der Waals surface area contributed by atoms with Crippen LogP contribution >= 0.6 is 0 Å². The molecule has 17 heavy (non-hydrogen) atoms. The maximum atomic E-state index is 5.82. The summed E-state index contributed by atoms with van der Waals surface area (Å²) in [7, 11) is 0. The number of nitrogen functional groups attached to an aromatic ring is 2. The predicted molar refractivity (Wildman–Crippen MR) is 63.7 cm³/mol. The van der Waals surface area contributed by atoms with Gasteiger partial charge in [0.1, 0.15) is 18.0 Å². The molecule has 0 radical (unpaired) electrons. The molecule has 0 bridgehead atoms. The van der Waals surface area contributed by atoms with Crippen molar-refractivity contribution in [2.24, 2.45) is 0 Å². The van der Waals surface area contributed by atoms with Crippen molar-refractivity contribution in [3.8, 4) is 11.3 Å². The molecule has 0 spiro atoms. The summed E-state index contributed by atoms with van der Waals surface area (Å²) in [6, 6.07) is 3.55. The van der Waals surface area contributed by atoms with Crippen molar-refractivity contribution in [1.82, 2.24) is 25.1 Å². The van der Waals surface area contributed by atoms with Gasteiger partial charge in [-0.25, -0.2) is 15.0 Å². The van der Waals surface area contributed by atoms with Crippen molar-refractivity contribution >= 4 is 22.7 Å².